The van der Waals surface area contributed by atoms with Gasteiger partial charge in [0, 0.05) is 25.7 Å². The molecule has 1 aliphatic carbocycles. The van der Waals surface area contributed by atoms with Crippen LogP contribution in [-0.2, 0) is 67.0 Å². The van der Waals surface area contributed by atoms with Crippen LogP contribution in [0.1, 0.15) is 150 Å². The fraction of sp³-hybridized carbons (Fsp3) is 0.357. The minimum atomic E-state index is -4.17. The molecule has 0 spiro atoms. The van der Waals surface area contributed by atoms with Crippen LogP contribution in [0.5, 0.6) is 11.5 Å². The second-order valence-electron chi connectivity index (χ2n) is 21.9. The van der Waals surface area contributed by atoms with Crippen LogP contribution in [0.2, 0.25) is 0 Å². The number of rotatable bonds is 4. The molecule has 0 unspecified atom stereocenters. The summed E-state index contributed by atoms with van der Waals surface area (Å²) in [5, 5.41) is 25.2. The summed E-state index contributed by atoms with van der Waals surface area (Å²) in [5.41, 5.74) is 6.38. The van der Waals surface area contributed by atoms with E-state index in [-0.39, 0.29) is 56.8 Å². The molecule has 8 bridgehead atoms. The van der Waals surface area contributed by atoms with Gasteiger partial charge in [0.25, 0.3) is 0 Å². The monoisotopic (exact) mass is 896 g/mol. The van der Waals surface area contributed by atoms with Gasteiger partial charge in [-0.3, -0.25) is 0 Å². The SMILES string of the molecule is CC(C)(C)c1cc2c(O)c(c1)Cc1cc(C(C)(C)C)cc(c1S(=O)(=O)c1ccccc1)Cc1cc(C(C)(C)C)cc(c1O)Cc1cc(C(C)(C)C)cc(c1S(=O)(=O)c1ccccc1)C2. The average molecular weight is 897 g/mol. The van der Waals surface area contributed by atoms with Crippen LogP contribution in [0.4, 0.5) is 0 Å². The minimum Gasteiger partial charge on any atom is -0.507 e. The number of hydrogen-bond acceptors (Lipinski definition) is 6. The molecule has 8 heteroatoms. The number of phenols is 2. The Hall–Kier alpha value is -5.18. The maximum atomic E-state index is 15.2. The molecular formula is C56H64O6S2. The van der Waals surface area contributed by atoms with Crippen LogP contribution in [0.3, 0.4) is 0 Å². The number of hydrogen-bond donors (Lipinski definition) is 2. The van der Waals surface area contributed by atoms with Gasteiger partial charge in [-0.05, 0) is 113 Å². The van der Waals surface area contributed by atoms with Gasteiger partial charge in [0.1, 0.15) is 11.5 Å². The van der Waals surface area contributed by atoms with E-state index < -0.39 is 41.3 Å². The molecule has 0 fully saturated rings. The first kappa shape index (κ1) is 46.8. The molecule has 64 heavy (non-hydrogen) atoms. The number of aromatic hydroxyl groups is 2. The zero-order chi connectivity index (χ0) is 46.9. The number of sulfone groups is 2. The molecule has 7 rings (SSSR count). The number of benzene rings is 6. The van der Waals surface area contributed by atoms with Crippen molar-refractivity contribution in [3.63, 3.8) is 0 Å². The van der Waals surface area contributed by atoms with Gasteiger partial charge in [0.05, 0.1) is 19.6 Å². The molecule has 0 radical (unpaired) electrons. The number of phenolic OH excluding ortho intramolecular Hbond substituents is 2. The third-order valence-corrected chi connectivity index (χ3v) is 16.6. The van der Waals surface area contributed by atoms with E-state index in [4.69, 9.17) is 0 Å². The highest BCUT2D eigenvalue weighted by molar-refractivity contribution is 7.92. The standard InChI is InChI=1S/C56H64O6S2/c1-53(2,3)43-27-35-23-39-31-45(55(7,8)9)33-41(51(39)63(59,60)47-19-15-13-16-20-47)25-37-29-44(54(4,5)6)30-38(50(37)58)26-42-34-46(56(10,11)12)32-40(24-36(28-43)49(35)57)52(42)64(61,62)48-21-17-14-18-22-48/h13-22,27-34,57-58H,23-26H2,1-12H3. The molecule has 336 valence electrons. The Labute approximate surface area is 382 Å². The summed E-state index contributed by atoms with van der Waals surface area (Å²) < 4.78 is 60.9. The van der Waals surface area contributed by atoms with Crippen molar-refractivity contribution < 1.29 is 27.0 Å². The topological polar surface area (TPSA) is 109 Å². The van der Waals surface area contributed by atoms with E-state index in [0.717, 1.165) is 22.3 Å². The van der Waals surface area contributed by atoms with Crippen molar-refractivity contribution in [2.45, 2.75) is 150 Å². The van der Waals surface area contributed by atoms with Crippen LogP contribution >= 0.6 is 0 Å². The normalized spacial score (nSPS) is 14.1. The largest absolute Gasteiger partial charge is 0.507 e. The van der Waals surface area contributed by atoms with Crippen molar-refractivity contribution in [2.24, 2.45) is 0 Å². The van der Waals surface area contributed by atoms with E-state index in [1.54, 1.807) is 60.7 Å². The summed E-state index contributed by atoms with van der Waals surface area (Å²) >= 11 is 0. The summed E-state index contributed by atoms with van der Waals surface area (Å²) in [5.74, 6) is -0.0105. The van der Waals surface area contributed by atoms with Gasteiger partial charge in [-0.15, -0.1) is 0 Å². The fourth-order valence-corrected chi connectivity index (χ4v) is 12.2. The van der Waals surface area contributed by atoms with Gasteiger partial charge in [-0.25, -0.2) is 16.8 Å². The Morgan fingerprint density at radius 2 is 0.547 bits per heavy atom. The first-order valence-corrected chi connectivity index (χ1v) is 25.2. The van der Waals surface area contributed by atoms with Crippen LogP contribution in [0.25, 0.3) is 0 Å². The first-order valence-electron chi connectivity index (χ1n) is 22.2. The van der Waals surface area contributed by atoms with E-state index in [0.29, 0.717) is 44.5 Å². The number of fused-ring (bicyclic) bond motifs is 8. The van der Waals surface area contributed by atoms with Gasteiger partial charge in [0.2, 0.25) is 19.7 Å². The van der Waals surface area contributed by atoms with Gasteiger partial charge in [0.15, 0.2) is 0 Å². The van der Waals surface area contributed by atoms with E-state index in [1.165, 1.54) is 0 Å². The zero-order valence-electron chi connectivity index (χ0n) is 39.6. The molecule has 0 saturated carbocycles. The molecule has 2 N–H and O–H groups in total. The Bertz CT molecular complexity index is 2690. The zero-order valence-corrected chi connectivity index (χ0v) is 41.2. The molecule has 6 aromatic carbocycles. The van der Waals surface area contributed by atoms with Crippen molar-refractivity contribution >= 4 is 19.7 Å². The van der Waals surface area contributed by atoms with Crippen molar-refractivity contribution in [1.82, 2.24) is 0 Å². The summed E-state index contributed by atoms with van der Waals surface area (Å²) in [4.78, 5) is 0.605. The molecule has 0 aromatic heterocycles. The van der Waals surface area contributed by atoms with E-state index in [1.807, 2.05) is 48.5 Å². The van der Waals surface area contributed by atoms with Gasteiger partial charge in [-0.2, -0.15) is 0 Å². The highest BCUT2D eigenvalue weighted by Crippen LogP contribution is 2.44. The molecule has 0 saturated heterocycles. The summed E-state index contributed by atoms with van der Waals surface area (Å²) in [6.45, 7) is 25.2. The Balaban J connectivity index is 1.68. The molecule has 0 amide bonds. The minimum absolute atomic E-state index is 0.00526. The maximum absolute atomic E-state index is 15.2. The third kappa shape index (κ3) is 9.19. The molecule has 6 nitrogen and oxygen atoms in total. The van der Waals surface area contributed by atoms with Crippen molar-refractivity contribution in [3.05, 3.63) is 176 Å². The van der Waals surface area contributed by atoms with Crippen LogP contribution in [0.15, 0.2) is 129 Å². The van der Waals surface area contributed by atoms with Crippen LogP contribution in [0, 0.1) is 0 Å². The first-order chi connectivity index (χ1) is 29.6. The van der Waals surface area contributed by atoms with Gasteiger partial charge < -0.3 is 10.2 Å². The third-order valence-electron chi connectivity index (χ3n) is 12.7. The molecule has 6 aromatic rings. The van der Waals surface area contributed by atoms with Crippen LogP contribution < -0.4 is 0 Å². The molecule has 1 aliphatic rings. The van der Waals surface area contributed by atoms with Gasteiger partial charge >= 0.3 is 0 Å². The lowest BCUT2D eigenvalue weighted by Crippen LogP contribution is -2.19. The highest BCUT2D eigenvalue weighted by atomic mass is 32.2. The van der Waals surface area contributed by atoms with Crippen LogP contribution in [-0.4, -0.2) is 27.0 Å². The lowest BCUT2D eigenvalue weighted by molar-refractivity contribution is 0.461. The lowest BCUT2D eigenvalue weighted by Gasteiger charge is -2.28. The lowest BCUT2D eigenvalue weighted by atomic mass is 9.79. The Kier molecular flexibility index (Phi) is 12.0. The van der Waals surface area contributed by atoms with Crippen molar-refractivity contribution in [3.8, 4) is 11.5 Å². The van der Waals surface area contributed by atoms with E-state index in [2.05, 4.69) is 83.1 Å². The summed E-state index contributed by atoms with van der Waals surface area (Å²) in [6, 6.07) is 32.6. The second kappa shape index (κ2) is 16.4. The van der Waals surface area contributed by atoms with E-state index >= 15 is 16.8 Å². The molecule has 0 heterocycles. The summed E-state index contributed by atoms with van der Waals surface area (Å²) in [6.07, 6.45) is 0.289. The average Bonchev–Trinajstić information content (AvgIpc) is 3.19. The second-order valence-corrected chi connectivity index (χ2v) is 25.6. The summed E-state index contributed by atoms with van der Waals surface area (Å²) in [7, 11) is -8.33. The molecule has 0 atom stereocenters. The van der Waals surface area contributed by atoms with E-state index in [9.17, 15) is 10.2 Å². The maximum Gasteiger partial charge on any atom is 0.207 e. The predicted octanol–water partition coefficient (Wildman–Crippen LogP) is 12.6. The fourth-order valence-electron chi connectivity index (χ4n) is 8.77. The van der Waals surface area contributed by atoms with Crippen molar-refractivity contribution in [2.75, 3.05) is 0 Å². The highest BCUT2D eigenvalue weighted by Gasteiger charge is 2.33. The Morgan fingerprint density at radius 1 is 0.344 bits per heavy atom. The molecular weight excluding hydrogens is 833 g/mol. The van der Waals surface area contributed by atoms with Crippen molar-refractivity contribution in [1.29, 1.82) is 0 Å². The van der Waals surface area contributed by atoms with Gasteiger partial charge in [-0.1, -0.05) is 168 Å². The molecule has 0 aliphatic heterocycles. The quantitative estimate of drug-likeness (QED) is 0.182. The Morgan fingerprint density at radius 3 is 0.750 bits per heavy atom. The smallest absolute Gasteiger partial charge is 0.207 e. The predicted molar refractivity (Wildman–Crippen MR) is 259 cm³/mol.